The summed E-state index contributed by atoms with van der Waals surface area (Å²) >= 11 is 0. The maximum atomic E-state index is 4.34. The summed E-state index contributed by atoms with van der Waals surface area (Å²) in [5.41, 5.74) is 3.56. The lowest BCUT2D eigenvalue weighted by atomic mass is 10.2. The minimum Gasteiger partial charge on any atom is -0.313 e. The second kappa shape index (κ2) is 6.36. The average Bonchev–Trinajstić information content (AvgIpc) is 2.22. The van der Waals surface area contributed by atoms with Crippen LogP contribution in [0.15, 0.2) is 23.9 Å². The van der Waals surface area contributed by atoms with Gasteiger partial charge in [-0.25, -0.2) is 0 Å². The van der Waals surface area contributed by atoms with Crippen LogP contribution >= 0.6 is 0 Å². The van der Waals surface area contributed by atoms with Crippen molar-refractivity contribution in [3.63, 3.8) is 0 Å². The van der Waals surface area contributed by atoms with E-state index in [0.717, 1.165) is 18.8 Å². The number of pyridine rings is 1. The van der Waals surface area contributed by atoms with Crippen LogP contribution in [0, 0.1) is 6.92 Å². The Morgan fingerprint density at radius 2 is 2.27 bits per heavy atom. The van der Waals surface area contributed by atoms with Gasteiger partial charge >= 0.3 is 0 Å². The predicted octanol–water partition coefficient (Wildman–Crippen LogP) is 2.79. The van der Waals surface area contributed by atoms with Gasteiger partial charge in [-0.3, -0.25) is 4.98 Å². The standard InChI is InChI=1S/C13H20N2/c1-4-7-14-9-12(3)8-13-6-5-11(2)10-15-13/h5-6,8,10,14H,4,7,9H2,1-3H3/b12-8+. The van der Waals surface area contributed by atoms with Crippen LogP contribution in [0.5, 0.6) is 0 Å². The zero-order chi connectivity index (χ0) is 11.1. The van der Waals surface area contributed by atoms with Crippen LogP contribution in [0.4, 0.5) is 0 Å². The topological polar surface area (TPSA) is 24.9 Å². The van der Waals surface area contributed by atoms with Crippen LogP contribution in [0.2, 0.25) is 0 Å². The number of aromatic nitrogens is 1. The molecule has 1 aromatic heterocycles. The normalized spacial score (nSPS) is 11.8. The Balaban J connectivity index is 2.50. The molecule has 0 spiro atoms. The Hall–Kier alpha value is -1.15. The molecule has 15 heavy (non-hydrogen) atoms. The smallest absolute Gasteiger partial charge is 0.0629 e. The van der Waals surface area contributed by atoms with Gasteiger partial charge in [0.05, 0.1) is 5.69 Å². The quantitative estimate of drug-likeness (QED) is 0.746. The lowest BCUT2D eigenvalue weighted by molar-refractivity contribution is 0.715. The fourth-order valence-corrected chi connectivity index (χ4v) is 1.33. The second-order valence-electron chi connectivity index (χ2n) is 3.93. The number of nitrogens with zero attached hydrogens (tertiary/aromatic N) is 1. The van der Waals surface area contributed by atoms with Crippen molar-refractivity contribution < 1.29 is 0 Å². The summed E-state index contributed by atoms with van der Waals surface area (Å²) in [4.78, 5) is 4.34. The molecule has 82 valence electrons. The van der Waals surface area contributed by atoms with Gasteiger partial charge in [-0.05, 0) is 44.5 Å². The van der Waals surface area contributed by atoms with Crippen LogP contribution in [0.25, 0.3) is 6.08 Å². The van der Waals surface area contributed by atoms with E-state index in [1.54, 1.807) is 0 Å². The van der Waals surface area contributed by atoms with Gasteiger partial charge in [-0.15, -0.1) is 0 Å². The lowest BCUT2D eigenvalue weighted by Gasteiger charge is -2.03. The van der Waals surface area contributed by atoms with Crippen LogP contribution < -0.4 is 5.32 Å². The van der Waals surface area contributed by atoms with Gasteiger partial charge < -0.3 is 5.32 Å². The molecule has 0 aliphatic rings. The molecule has 2 heteroatoms. The molecule has 0 fully saturated rings. The predicted molar refractivity (Wildman–Crippen MR) is 65.8 cm³/mol. The molecule has 0 saturated heterocycles. The minimum atomic E-state index is 0.948. The molecule has 1 rings (SSSR count). The average molecular weight is 204 g/mol. The molecule has 2 nitrogen and oxygen atoms in total. The van der Waals surface area contributed by atoms with Gasteiger partial charge in [0.25, 0.3) is 0 Å². The fourth-order valence-electron chi connectivity index (χ4n) is 1.33. The molecule has 0 amide bonds. The van der Waals surface area contributed by atoms with E-state index in [9.17, 15) is 0 Å². The maximum Gasteiger partial charge on any atom is 0.0629 e. The molecule has 0 aliphatic carbocycles. The Morgan fingerprint density at radius 1 is 1.47 bits per heavy atom. The molecular weight excluding hydrogens is 184 g/mol. The molecule has 0 aromatic carbocycles. The van der Waals surface area contributed by atoms with E-state index < -0.39 is 0 Å². The van der Waals surface area contributed by atoms with Gasteiger partial charge in [0.2, 0.25) is 0 Å². The van der Waals surface area contributed by atoms with Crippen molar-refractivity contribution in [2.24, 2.45) is 0 Å². The molecule has 0 bridgehead atoms. The van der Waals surface area contributed by atoms with Crippen molar-refractivity contribution in [1.82, 2.24) is 10.3 Å². The van der Waals surface area contributed by atoms with Crippen molar-refractivity contribution in [3.8, 4) is 0 Å². The summed E-state index contributed by atoms with van der Waals surface area (Å²) < 4.78 is 0. The van der Waals surface area contributed by atoms with Crippen LogP contribution in [-0.4, -0.2) is 18.1 Å². The summed E-state index contributed by atoms with van der Waals surface area (Å²) in [7, 11) is 0. The SMILES string of the molecule is CCCNC/C(C)=C/c1ccc(C)cn1. The van der Waals surface area contributed by atoms with Crippen molar-refractivity contribution in [2.45, 2.75) is 27.2 Å². The largest absolute Gasteiger partial charge is 0.313 e. The third-order valence-corrected chi connectivity index (χ3v) is 2.16. The van der Waals surface area contributed by atoms with Crippen LogP contribution in [-0.2, 0) is 0 Å². The van der Waals surface area contributed by atoms with E-state index in [2.05, 4.69) is 49.3 Å². The number of nitrogens with one attached hydrogen (secondary N) is 1. The van der Waals surface area contributed by atoms with E-state index >= 15 is 0 Å². The third-order valence-electron chi connectivity index (χ3n) is 2.16. The van der Waals surface area contributed by atoms with E-state index in [4.69, 9.17) is 0 Å². The monoisotopic (exact) mass is 204 g/mol. The molecule has 1 aromatic rings. The van der Waals surface area contributed by atoms with Crippen LogP contribution in [0.3, 0.4) is 0 Å². The van der Waals surface area contributed by atoms with E-state index in [-0.39, 0.29) is 0 Å². The first-order chi connectivity index (χ1) is 7.22. The van der Waals surface area contributed by atoms with Gasteiger partial charge in [0.15, 0.2) is 0 Å². The van der Waals surface area contributed by atoms with Crippen molar-refractivity contribution in [3.05, 3.63) is 35.2 Å². The summed E-state index contributed by atoms with van der Waals surface area (Å²) in [6.45, 7) is 8.38. The first-order valence-corrected chi connectivity index (χ1v) is 5.53. The molecule has 0 atom stereocenters. The lowest BCUT2D eigenvalue weighted by Crippen LogP contribution is -2.16. The van der Waals surface area contributed by atoms with Gasteiger partial charge in [0.1, 0.15) is 0 Å². The molecule has 0 saturated carbocycles. The molecule has 0 radical (unpaired) electrons. The molecule has 1 N–H and O–H groups in total. The summed E-state index contributed by atoms with van der Waals surface area (Å²) in [6, 6.07) is 4.14. The van der Waals surface area contributed by atoms with E-state index in [1.165, 1.54) is 17.6 Å². The summed E-state index contributed by atoms with van der Waals surface area (Å²) in [6.07, 6.45) is 5.21. The number of hydrogen-bond acceptors (Lipinski definition) is 2. The molecule has 0 unspecified atom stereocenters. The Morgan fingerprint density at radius 3 is 2.87 bits per heavy atom. The first-order valence-electron chi connectivity index (χ1n) is 5.53. The van der Waals surface area contributed by atoms with Gasteiger partial charge in [-0.1, -0.05) is 18.6 Å². The van der Waals surface area contributed by atoms with E-state index in [1.807, 2.05) is 6.20 Å². The van der Waals surface area contributed by atoms with Crippen molar-refractivity contribution >= 4 is 6.08 Å². The Kier molecular flexibility index (Phi) is 5.05. The Bertz CT molecular complexity index is 312. The Labute approximate surface area is 92.4 Å². The second-order valence-corrected chi connectivity index (χ2v) is 3.93. The van der Waals surface area contributed by atoms with Gasteiger partial charge in [-0.2, -0.15) is 0 Å². The number of hydrogen-bond donors (Lipinski definition) is 1. The fraction of sp³-hybridized carbons (Fsp3) is 0.462. The zero-order valence-corrected chi connectivity index (χ0v) is 9.88. The molecular formula is C13H20N2. The molecule has 1 heterocycles. The molecule has 0 aliphatic heterocycles. The minimum absolute atomic E-state index is 0.948. The summed E-state index contributed by atoms with van der Waals surface area (Å²) in [5, 5.41) is 3.37. The first kappa shape index (κ1) is 11.9. The highest BCUT2D eigenvalue weighted by molar-refractivity contribution is 5.48. The van der Waals surface area contributed by atoms with Crippen LogP contribution in [0.1, 0.15) is 31.5 Å². The van der Waals surface area contributed by atoms with Gasteiger partial charge in [0, 0.05) is 12.7 Å². The zero-order valence-electron chi connectivity index (χ0n) is 9.88. The van der Waals surface area contributed by atoms with Crippen molar-refractivity contribution in [1.29, 1.82) is 0 Å². The number of rotatable bonds is 5. The highest BCUT2D eigenvalue weighted by Gasteiger charge is 1.92. The van der Waals surface area contributed by atoms with Crippen molar-refractivity contribution in [2.75, 3.05) is 13.1 Å². The van der Waals surface area contributed by atoms with E-state index in [0.29, 0.717) is 0 Å². The highest BCUT2D eigenvalue weighted by Crippen LogP contribution is 2.04. The summed E-state index contributed by atoms with van der Waals surface area (Å²) in [5.74, 6) is 0. The highest BCUT2D eigenvalue weighted by atomic mass is 14.8. The number of aryl methyl sites for hydroxylation is 1. The maximum absolute atomic E-state index is 4.34. The third kappa shape index (κ3) is 4.75.